The summed E-state index contributed by atoms with van der Waals surface area (Å²) in [6, 6.07) is 7.84. The summed E-state index contributed by atoms with van der Waals surface area (Å²) in [5.74, 6) is -1.08. The minimum Gasteiger partial charge on any atom is -0.497 e. The number of hydrogen-bond donors (Lipinski definition) is 1. The number of rotatable bonds is 7. The molecule has 3 aliphatic rings. The zero-order chi connectivity index (χ0) is 31.6. The fraction of sp³-hybridized carbons (Fsp3) is 0.387. The van der Waals surface area contributed by atoms with E-state index in [2.05, 4.69) is 5.32 Å². The van der Waals surface area contributed by atoms with Gasteiger partial charge in [0.2, 0.25) is 23.1 Å². The first-order chi connectivity index (χ1) is 20.9. The van der Waals surface area contributed by atoms with Crippen molar-refractivity contribution in [1.82, 2.24) is 5.32 Å². The van der Waals surface area contributed by atoms with Gasteiger partial charge in [-0.15, -0.1) is 0 Å². The number of Topliss-reactive ketones (excluding diaryl/α,β-unsaturated/α-hetero) is 2. The van der Waals surface area contributed by atoms with Gasteiger partial charge in [-0.2, -0.15) is 0 Å². The molecule has 0 bridgehead atoms. The van der Waals surface area contributed by atoms with Crippen molar-refractivity contribution in [2.45, 2.75) is 37.8 Å². The van der Waals surface area contributed by atoms with Gasteiger partial charge in [0, 0.05) is 35.6 Å². The first kappa shape index (κ1) is 30.0. The molecule has 2 aliphatic heterocycles. The summed E-state index contributed by atoms with van der Waals surface area (Å²) < 4.78 is 52.6. The van der Waals surface area contributed by atoms with E-state index >= 15 is 0 Å². The number of furan rings is 1. The largest absolute Gasteiger partial charge is 0.497 e. The minimum absolute atomic E-state index is 0.00807. The lowest BCUT2D eigenvalue weighted by Gasteiger charge is -2.35. The normalized spacial score (nSPS) is 23.2. The van der Waals surface area contributed by atoms with Crippen LogP contribution < -0.4 is 24.3 Å². The number of nitrogens with one attached hydrogen (secondary N) is 1. The smallest absolute Gasteiger partial charge is 0.237 e. The summed E-state index contributed by atoms with van der Waals surface area (Å²) in [5, 5.41) is 2.81. The van der Waals surface area contributed by atoms with Gasteiger partial charge in [0.1, 0.15) is 39.4 Å². The summed E-state index contributed by atoms with van der Waals surface area (Å²) in [4.78, 5) is 42.2. The van der Waals surface area contributed by atoms with Crippen LogP contribution in [0.4, 0.5) is 0 Å². The van der Waals surface area contributed by atoms with Crippen LogP contribution >= 0.6 is 11.6 Å². The molecule has 0 radical (unpaired) electrons. The van der Waals surface area contributed by atoms with Crippen LogP contribution in [0.15, 0.2) is 34.7 Å². The van der Waals surface area contributed by atoms with Crippen LogP contribution in [0.5, 0.6) is 23.0 Å². The standard InChI is InChI=1S/C31H30ClNO10S/c1-15-11-21-24(29(35)31(15)30(36)25-20(40-3)13-22(41-4)26(32)28(25)43-31)19(12-23(34)33-17-9-10-44(37,38)14-17)27(42-21)16-5-7-18(39-2)8-6-16/h5-8,13,15,17H,9-12,14H2,1-4H3,(H,33,34)/t15-,17?,31+/m1/s1. The molecule has 6 rings (SSSR count). The third kappa shape index (κ3) is 4.62. The van der Waals surface area contributed by atoms with Gasteiger partial charge in [-0.3, -0.25) is 14.4 Å². The number of ether oxygens (including phenoxy) is 4. The maximum Gasteiger partial charge on any atom is 0.237 e. The minimum atomic E-state index is -3.24. The molecule has 1 amide bonds. The number of carbonyl (C=O) groups excluding carboxylic acids is 3. The maximum absolute atomic E-state index is 14.6. The number of methoxy groups -OCH3 is 3. The molecule has 2 aromatic carbocycles. The van der Waals surface area contributed by atoms with Crippen molar-refractivity contribution in [3.05, 3.63) is 57.8 Å². The highest BCUT2D eigenvalue weighted by Crippen LogP contribution is 2.54. The molecule has 44 heavy (non-hydrogen) atoms. The van der Waals surface area contributed by atoms with E-state index in [1.165, 1.54) is 27.4 Å². The molecule has 1 saturated heterocycles. The van der Waals surface area contributed by atoms with Crippen LogP contribution in [0.25, 0.3) is 11.3 Å². The average Bonchev–Trinajstić information content (AvgIpc) is 3.63. The molecule has 1 unspecified atom stereocenters. The van der Waals surface area contributed by atoms with Crippen molar-refractivity contribution in [1.29, 1.82) is 0 Å². The van der Waals surface area contributed by atoms with E-state index in [9.17, 15) is 22.8 Å². The lowest BCUT2D eigenvalue weighted by Crippen LogP contribution is -2.56. The average molecular weight is 644 g/mol. The Bertz CT molecular complexity index is 1810. The highest BCUT2D eigenvalue weighted by atomic mass is 35.5. The van der Waals surface area contributed by atoms with Crippen LogP contribution in [0.1, 0.15) is 45.4 Å². The van der Waals surface area contributed by atoms with Crippen LogP contribution in [-0.4, -0.2) is 70.4 Å². The second-order valence-electron chi connectivity index (χ2n) is 11.2. The first-order valence-electron chi connectivity index (χ1n) is 14.0. The number of benzene rings is 2. The lowest BCUT2D eigenvalue weighted by molar-refractivity contribution is -0.121. The van der Waals surface area contributed by atoms with Crippen molar-refractivity contribution in [2.24, 2.45) is 5.92 Å². The molecule has 0 saturated carbocycles. The number of halogens is 1. The Balaban J connectivity index is 1.45. The van der Waals surface area contributed by atoms with Crippen molar-refractivity contribution in [3.63, 3.8) is 0 Å². The zero-order valence-electron chi connectivity index (χ0n) is 24.4. The van der Waals surface area contributed by atoms with E-state index in [0.717, 1.165) is 0 Å². The van der Waals surface area contributed by atoms with Gasteiger partial charge < -0.3 is 28.7 Å². The summed E-state index contributed by atoms with van der Waals surface area (Å²) in [5.41, 5.74) is -1.04. The van der Waals surface area contributed by atoms with E-state index in [4.69, 9.17) is 35.0 Å². The van der Waals surface area contributed by atoms with Gasteiger partial charge in [0.25, 0.3) is 0 Å². The third-order valence-electron chi connectivity index (χ3n) is 8.54. The number of carbonyl (C=O) groups is 3. The summed E-state index contributed by atoms with van der Waals surface area (Å²) in [7, 11) is 1.09. The van der Waals surface area contributed by atoms with Crippen molar-refractivity contribution in [2.75, 3.05) is 32.8 Å². The maximum atomic E-state index is 14.6. The SMILES string of the molecule is COc1ccc(-c2oc3c(c2CC(=O)NC2CCS(=O)(=O)C2)C(=O)[C@@]2(Oc4c(Cl)c(OC)cc(OC)c4C2=O)[C@H](C)C3)cc1. The van der Waals surface area contributed by atoms with Crippen LogP contribution in [0.2, 0.25) is 5.02 Å². The van der Waals surface area contributed by atoms with Crippen molar-refractivity contribution >= 4 is 38.9 Å². The van der Waals surface area contributed by atoms with E-state index in [1.807, 2.05) is 0 Å². The lowest BCUT2D eigenvalue weighted by atomic mass is 9.70. The van der Waals surface area contributed by atoms with E-state index < -0.39 is 44.9 Å². The van der Waals surface area contributed by atoms with Crippen LogP contribution in [-0.2, 0) is 27.5 Å². The molecule has 3 heterocycles. The number of sulfone groups is 1. The molecule has 3 aromatic rings. The molecule has 1 aliphatic carbocycles. The number of ketones is 2. The number of fused-ring (bicyclic) bond motifs is 2. The van der Waals surface area contributed by atoms with E-state index in [-0.39, 0.29) is 69.1 Å². The van der Waals surface area contributed by atoms with Crippen LogP contribution in [0, 0.1) is 5.92 Å². The molecule has 13 heteroatoms. The Morgan fingerprint density at radius 1 is 1.05 bits per heavy atom. The predicted molar refractivity (Wildman–Crippen MR) is 159 cm³/mol. The summed E-state index contributed by atoms with van der Waals surface area (Å²) in [6.07, 6.45) is 0.143. The fourth-order valence-corrected chi connectivity index (χ4v) is 8.26. The Morgan fingerprint density at radius 2 is 1.73 bits per heavy atom. The van der Waals surface area contributed by atoms with Gasteiger partial charge in [0.05, 0.1) is 44.8 Å². The zero-order valence-corrected chi connectivity index (χ0v) is 26.0. The monoisotopic (exact) mass is 643 g/mol. The topological polar surface area (TPSA) is 147 Å². The molecule has 3 atom stereocenters. The molecule has 1 aromatic heterocycles. The van der Waals surface area contributed by atoms with E-state index in [1.54, 1.807) is 31.2 Å². The molecule has 1 spiro atoms. The Labute approximate surface area is 258 Å². The Hall–Kier alpha value is -4.03. The number of amides is 1. The molecule has 11 nitrogen and oxygen atoms in total. The van der Waals surface area contributed by atoms with Crippen molar-refractivity contribution < 1.29 is 46.2 Å². The molecular formula is C31H30ClNO10S. The Morgan fingerprint density at radius 3 is 2.34 bits per heavy atom. The van der Waals surface area contributed by atoms with Gasteiger partial charge in [-0.1, -0.05) is 18.5 Å². The highest BCUT2D eigenvalue weighted by Gasteiger charge is 2.63. The van der Waals surface area contributed by atoms with Gasteiger partial charge >= 0.3 is 0 Å². The number of hydrogen-bond acceptors (Lipinski definition) is 10. The van der Waals surface area contributed by atoms with Crippen LogP contribution in [0.3, 0.4) is 0 Å². The quantitative estimate of drug-likeness (QED) is 0.376. The third-order valence-corrected chi connectivity index (χ3v) is 10.7. The fourth-order valence-electron chi connectivity index (χ4n) is 6.32. The second kappa shape index (κ2) is 10.8. The van der Waals surface area contributed by atoms with Gasteiger partial charge in [-0.25, -0.2) is 8.42 Å². The summed E-state index contributed by atoms with van der Waals surface area (Å²) >= 11 is 6.56. The van der Waals surface area contributed by atoms with Gasteiger partial charge in [0.15, 0.2) is 15.6 Å². The summed E-state index contributed by atoms with van der Waals surface area (Å²) in [6.45, 7) is 1.71. The second-order valence-corrected chi connectivity index (χ2v) is 13.8. The molecule has 1 fully saturated rings. The van der Waals surface area contributed by atoms with Gasteiger partial charge in [-0.05, 0) is 30.7 Å². The molecule has 232 valence electrons. The van der Waals surface area contributed by atoms with Crippen molar-refractivity contribution in [3.8, 4) is 34.3 Å². The molecular weight excluding hydrogens is 614 g/mol. The van der Waals surface area contributed by atoms with E-state index in [0.29, 0.717) is 23.5 Å². The Kier molecular flexibility index (Phi) is 7.40. The highest BCUT2D eigenvalue weighted by molar-refractivity contribution is 7.91. The molecule has 1 N–H and O–H groups in total. The predicted octanol–water partition coefficient (Wildman–Crippen LogP) is 3.86. The first-order valence-corrected chi connectivity index (χ1v) is 16.2.